The van der Waals surface area contributed by atoms with E-state index < -0.39 is 32.7 Å². The Morgan fingerprint density at radius 1 is 1.42 bits per heavy atom. The number of nitrogen functional groups attached to an aromatic ring is 1. The number of nitrogens with two attached hydrogens (primary N) is 1. The third kappa shape index (κ3) is 4.53. The number of ether oxygens (including phenoxy) is 1. The minimum Gasteiger partial charge on any atom is -0.790 e. The van der Waals surface area contributed by atoms with Crippen LogP contribution in [0.15, 0.2) is 6.33 Å². The van der Waals surface area contributed by atoms with E-state index in [0.29, 0.717) is 11.2 Å². The Morgan fingerprint density at radius 2 is 2.12 bits per heavy atom. The van der Waals surface area contributed by atoms with Gasteiger partial charge >= 0.3 is 59.1 Å². The zero-order valence-electron chi connectivity index (χ0n) is 13.0. The molecule has 2 aromatic rings. The Labute approximate surface area is 179 Å². The number of anilines is 1. The molecule has 1 aliphatic heterocycles. The van der Waals surface area contributed by atoms with Crippen LogP contribution >= 0.6 is 7.82 Å². The summed E-state index contributed by atoms with van der Waals surface area (Å²) in [6, 6.07) is 0. The molecule has 0 radical (unpaired) electrons. The maximum absolute atomic E-state index is 10.5. The number of nitrogens with zero attached hydrogens (tertiary/aromatic N) is 5. The molecular weight excluding hydrogens is 365 g/mol. The molecule has 3 N–H and O–H groups in total. The number of aromatic nitrogens is 5. The number of fused-ring (bicyclic) bond motifs is 1. The van der Waals surface area contributed by atoms with E-state index >= 15 is 0 Å². The number of imidazole rings is 1. The number of aliphatic hydroxyl groups excluding tert-OH is 1. The zero-order valence-corrected chi connectivity index (χ0v) is 17.9. The Hall–Kier alpha value is 0.310. The molecule has 24 heavy (non-hydrogen) atoms. The van der Waals surface area contributed by atoms with Crippen LogP contribution in [-0.4, -0.2) is 49.4 Å². The van der Waals surface area contributed by atoms with E-state index in [-0.39, 0.29) is 71.5 Å². The van der Waals surface area contributed by atoms with Gasteiger partial charge in [-0.05, 0) is 5.21 Å². The number of aliphatic hydroxyl groups is 1. The molecule has 3 rings (SSSR count). The number of hydrogen-bond acceptors (Lipinski definition) is 11. The van der Waals surface area contributed by atoms with Crippen LogP contribution in [0.3, 0.4) is 0 Å². The largest absolute Gasteiger partial charge is 1.00 e. The quantitative estimate of drug-likeness (QED) is 0.373. The third-order valence-corrected chi connectivity index (χ3v) is 3.81. The molecule has 0 unspecified atom stereocenters. The van der Waals surface area contributed by atoms with Crippen LogP contribution in [0.4, 0.5) is 5.82 Å². The molecule has 1 saturated heterocycles. The molecule has 0 spiro atoms. The number of phosphoric ester groups is 1. The van der Waals surface area contributed by atoms with Crippen molar-refractivity contribution in [2.45, 2.75) is 12.3 Å². The van der Waals surface area contributed by atoms with Crippen LogP contribution in [0, 0.1) is 5.92 Å². The Kier molecular flexibility index (Phi) is 8.20. The van der Waals surface area contributed by atoms with Crippen molar-refractivity contribution in [3.8, 4) is 0 Å². The first-order chi connectivity index (χ1) is 10.4. The molecule has 1 aliphatic rings. The summed E-state index contributed by atoms with van der Waals surface area (Å²) in [5.74, 6) is -0.401. The summed E-state index contributed by atoms with van der Waals surface area (Å²) in [6.45, 7) is -0.775. The summed E-state index contributed by atoms with van der Waals surface area (Å²) in [4.78, 5) is 25.0. The normalized spacial score (nSPS) is 23.2. The van der Waals surface area contributed by atoms with Gasteiger partial charge in [-0.1, -0.05) is 0 Å². The van der Waals surface area contributed by atoms with E-state index in [1.54, 1.807) is 0 Å². The summed E-state index contributed by atoms with van der Waals surface area (Å²) in [5.41, 5.74) is 6.26. The standard InChI is InChI=1S/C9H13N6O6P.2Na/c10-7-6-8(13-14-12-7)15(3-11-6)9-4(1-16)5(21-9)2-20-22(17,18)19;;/h3-5,9,16H,1-2H2,(H2,10,12,13)(H2,17,18,19);;/q;2*+1/p-2/t4-,5-,9+;;/m0../s1. The van der Waals surface area contributed by atoms with Crippen LogP contribution in [0.5, 0.6) is 0 Å². The first-order valence-corrected chi connectivity index (χ1v) is 7.61. The summed E-state index contributed by atoms with van der Waals surface area (Å²) in [6.07, 6.45) is 0.00153. The van der Waals surface area contributed by atoms with Crippen molar-refractivity contribution < 1.29 is 87.8 Å². The van der Waals surface area contributed by atoms with Crippen LogP contribution in [0.25, 0.3) is 11.2 Å². The van der Waals surface area contributed by atoms with Crippen LogP contribution in [0.1, 0.15) is 6.23 Å². The molecule has 0 aromatic carbocycles. The molecule has 2 aromatic heterocycles. The maximum Gasteiger partial charge on any atom is 1.00 e. The molecule has 3 heterocycles. The third-order valence-electron chi connectivity index (χ3n) is 3.34. The minimum atomic E-state index is -5.09. The molecule has 15 heteroatoms. The molecule has 0 bridgehead atoms. The minimum absolute atomic E-state index is 0. The van der Waals surface area contributed by atoms with Crippen molar-refractivity contribution >= 4 is 24.8 Å². The Bertz CT molecular complexity index is 742. The molecule has 12 nitrogen and oxygen atoms in total. The van der Waals surface area contributed by atoms with E-state index in [2.05, 4.69) is 24.9 Å². The topological polar surface area (TPSA) is 184 Å². The van der Waals surface area contributed by atoms with Gasteiger partial charge in [-0.25, -0.2) is 4.98 Å². The second-order valence-electron chi connectivity index (χ2n) is 4.65. The molecule has 0 aliphatic carbocycles. The van der Waals surface area contributed by atoms with Crippen molar-refractivity contribution in [2.24, 2.45) is 5.92 Å². The summed E-state index contributed by atoms with van der Waals surface area (Å²) in [7, 11) is -5.09. The van der Waals surface area contributed by atoms with Gasteiger partial charge < -0.3 is 34.5 Å². The molecular formula is C9H11N6Na2O6P. The van der Waals surface area contributed by atoms with E-state index in [1.165, 1.54) is 10.9 Å². The van der Waals surface area contributed by atoms with Crippen LogP contribution in [-0.2, 0) is 13.8 Å². The SMILES string of the molecule is Nc1nnnc2c1ncn2[C@@H]1O[C@@H](COP(=O)([O-])[O-])[C@@H]1CO.[Na+].[Na+]. The van der Waals surface area contributed by atoms with Gasteiger partial charge in [0.1, 0.15) is 6.23 Å². The van der Waals surface area contributed by atoms with Gasteiger partial charge in [0.25, 0.3) is 0 Å². The van der Waals surface area contributed by atoms with Crippen molar-refractivity contribution in [3.05, 3.63) is 6.33 Å². The Morgan fingerprint density at radius 3 is 2.75 bits per heavy atom. The van der Waals surface area contributed by atoms with Gasteiger partial charge in [0.2, 0.25) is 0 Å². The molecule has 120 valence electrons. The molecule has 0 amide bonds. The van der Waals surface area contributed by atoms with Gasteiger partial charge in [-0.15, -0.1) is 10.2 Å². The summed E-state index contributed by atoms with van der Waals surface area (Å²) < 4.78 is 21.6. The van der Waals surface area contributed by atoms with Crippen LogP contribution < -0.4 is 74.6 Å². The second kappa shape index (κ2) is 8.80. The molecule has 1 fully saturated rings. The van der Waals surface area contributed by atoms with E-state index in [4.69, 9.17) is 10.5 Å². The first kappa shape index (κ1) is 22.4. The predicted octanol–water partition coefficient (Wildman–Crippen LogP) is -8.84. The first-order valence-electron chi connectivity index (χ1n) is 6.15. The van der Waals surface area contributed by atoms with E-state index in [0.717, 1.165) is 0 Å². The van der Waals surface area contributed by atoms with E-state index in [9.17, 15) is 19.5 Å². The fourth-order valence-corrected chi connectivity index (χ4v) is 2.59. The second-order valence-corrected chi connectivity index (χ2v) is 5.81. The van der Waals surface area contributed by atoms with Crippen LogP contribution in [0.2, 0.25) is 0 Å². The fraction of sp³-hybridized carbons (Fsp3) is 0.556. The summed E-state index contributed by atoms with van der Waals surface area (Å²) >= 11 is 0. The fourth-order valence-electron chi connectivity index (χ4n) is 2.26. The number of rotatable bonds is 5. The molecule has 0 saturated carbocycles. The van der Waals surface area contributed by atoms with Crippen molar-refractivity contribution in [3.63, 3.8) is 0 Å². The van der Waals surface area contributed by atoms with Gasteiger partial charge in [0, 0.05) is 0 Å². The average molecular weight is 376 g/mol. The van der Waals surface area contributed by atoms with Gasteiger partial charge in [-0.3, -0.25) is 4.57 Å². The Balaban J connectivity index is 0.00000144. The number of hydrogen-bond donors (Lipinski definition) is 2. The maximum atomic E-state index is 10.5. The van der Waals surface area contributed by atoms with Gasteiger partial charge in [-0.2, -0.15) is 0 Å². The zero-order chi connectivity index (χ0) is 15.9. The number of phosphoric acid groups is 1. The summed E-state index contributed by atoms with van der Waals surface area (Å²) in [5, 5.41) is 20.3. The van der Waals surface area contributed by atoms with Crippen molar-refractivity contribution in [1.29, 1.82) is 0 Å². The average Bonchev–Trinajstić information content (AvgIpc) is 2.82. The smallest absolute Gasteiger partial charge is 0.790 e. The monoisotopic (exact) mass is 376 g/mol. The van der Waals surface area contributed by atoms with Gasteiger partial charge in [0.05, 0.1) is 39.4 Å². The van der Waals surface area contributed by atoms with Crippen molar-refractivity contribution in [1.82, 2.24) is 25.0 Å². The van der Waals surface area contributed by atoms with Gasteiger partial charge in [0.15, 0.2) is 17.0 Å². The molecule has 3 atom stereocenters. The van der Waals surface area contributed by atoms with Crippen molar-refractivity contribution in [2.75, 3.05) is 18.9 Å². The van der Waals surface area contributed by atoms with E-state index in [1.807, 2.05) is 0 Å². The predicted molar refractivity (Wildman–Crippen MR) is 65.6 cm³/mol.